The number of nitrogens with zero attached hydrogens (tertiary/aromatic N) is 2. The lowest BCUT2D eigenvalue weighted by atomic mass is 9.77. The molecule has 2 unspecified atom stereocenters. The van der Waals surface area contributed by atoms with Crippen LogP contribution < -0.4 is 4.90 Å². The van der Waals surface area contributed by atoms with Gasteiger partial charge in [-0.1, -0.05) is 37.3 Å². The van der Waals surface area contributed by atoms with Gasteiger partial charge in [-0.2, -0.15) is 29.8 Å². The Labute approximate surface area is 356 Å². The van der Waals surface area contributed by atoms with Crippen molar-refractivity contribution in [3.05, 3.63) is 89.2 Å². The molecular weight excluding hydrogens is 837 g/mol. The fraction of sp³-hybridized carbons (Fsp3) is 0.524. The third-order valence-corrected chi connectivity index (χ3v) is 13.5. The number of hydrogen-bond acceptors (Lipinski definition) is 11. The van der Waals surface area contributed by atoms with Crippen molar-refractivity contribution in [2.24, 2.45) is 0 Å². The minimum atomic E-state index is -4.55. The van der Waals surface area contributed by atoms with E-state index in [9.17, 15) is 39.2 Å². The molecule has 0 radical (unpaired) electrons. The van der Waals surface area contributed by atoms with E-state index in [0.29, 0.717) is 76.1 Å². The second-order valence-corrected chi connectivity index (χ2v) is 19.8. The van der Waals surface area contributed by atoms with Crippen LogP contribution in [0.2, 0.25) is 0 Å². The highest BCUT2D eigenvalue weighted by molar-refractivity contribution is 7.86. The first-order chi connectivity index (χ1) is 28.3. The Kier molecular flexibility index (Phi) is 19.8. The van der Waals surface area contributed by atoms with Crippen LogP contribution in [-0.2, 0) is 60.6 Å². The molecule has 334 valence electrons. The van der Waals surface area contributed by atoms with Crippen LogP contribution in [0.3, 0.4) is 0 Å². The SMILES string of the molecule is COCCc1ccc2c(c1)C(C)(CCCS(=O)(=O)O)\C(=C/C=C/C=C/C=[N+](CCCCCC(=O)O)c1ccc(S(=O)(=O)O)cc1C(C)CCCS(=O)(=O)OC)N2CCOC. The van der Waals surface area contributed by atoms with Crippen LogP contribution in [0.1, 0.15) is 87.8 Å². The second kappa shape index (κ2) is 23.5. The normalized spacial score (nSPS) is 17.6. The lowest BCUT2D eigenvalue weighted by Gasteiger charge is -2.30. The van der Waals surface area contributed by atoms with Gasteiger partial charge in [0.15, 0.2) is 6.21 Å². The number of anilines is 1. The summed E-state index contributed by atoms with van der Waals surface area (Å²) in [5.74, 6) is -1.80. The molecule has 1 aliphatic rings. The van der Waals surface area contributed by atoms with Gasteiger partial charge >= 0.3 is 5.97 Å². The van der Waals surface area contributed by atoms with Gasteiger partial charge in [0.25, 0.3) is 30.4 Å². The molecular formula is C42H61N2O13S3+. The Morgan fingerprint density at radius 1 is 0.867 bits per heavy atom. The number of methoxy groups -OCH3 is 2. The van der Waals surface area contributed by atoms with Crippen molar-refractivity contribution in [2.45, 2.75) is 87.9 Å². The van der Waals surface area contributed by atoms with Gasteiger partial charge in [-0.15, -0.1) is 0 Å². The van der Waals surface area contributed by atoms with E-state index in [1.54, 1.807) is 20.3 Å². The van der Waals surface area contributed by atoms with Gasteiger partial charge < -0.3 is 19.5 Å². The molecule has 0 aliphatic carbocycles. The summed E-state index contributed by atoms with van der Waals surface area (Å²) >= 11 is 0. The minimum absolute atomic E-state index is 0.0299. The van der Waals surface area contributed by atoms with Crippen molar-refractivity contribution in [1.29, 1.82) is 0 Å². The maximum Gasteiger partial charge on any atom is 0.303 e. The van der Waals surface area contributed by atoms with E-state index in [1.165, 1.54) is 12.1 Å². The number of benzene rings is 2. The Morgan fingerprint density at radius 3 is 2.23 bits per heavy atom. The predicted octanol–water partition coefficient (Wildman–Crippen LogP) is 6.43. The van der Waals surface area contributed by atoms with E-state index in [4.69, 9.17) is 14.6 Å². The smallest absolute Gasteiger partial charge is 0.303 e. The number of rotatable bonds is 27. The van der Waals surface area contributed by atoms with Gasteiger partial charge in [0.05, 0.1) is 36.7 Å². The fourth-order valence-corrected chi connectivity index (χ4v) is 9.08. The van der Waals surface area contributed by atoms with Gasteiger partial charge in [-0.05, 0) is 93.2 Å². The van der Waals surface area contributed by atoms with Crippen molar-refractivity contribution < 1.29 is 62.5 Å². The number of allylic oxidation sites excluding steroid dienone is 6. The van der Waals surface area contributed by atoms with Gasteiger partial charge in [0.2, 0.25) is 5.69 Å². The lowest BCUT2D eigenvalue weighted by Crippen LogP contribution is -2.31. The summed E-state index contributed by atoms with van der Waals surface area (Å²) in [5.41, 5.74) is 4.64. The second-order valence-electron chi connectivity index (χ2n) is 15.0. The third-order valence-electron chi connectivity index (χ3n) is 10.6. The molecule has 0 saturated carbocycles. The summed E-state index contributed by atoms with van der Waals surface area (Å²) in [4.78, 5) is 13.0. The molecule has 0 aromatic heterocycles. The molecule has 3 N–H and O–H groups in total. The van der Waals surface area contributed by atoms with Gasteiger partial charge in [0.1, 0.15) is 6.54 Å². The molecule has 0 bridgehead atoms. The highest BCUT2D eigenvalue weighted by atomic mass is 32.2. The van der Waals surface area contributed by atoms with Crippen molar-refractivity contribution in [2.75, 3.05) is 64.0 Å². The predicted molar refractivity (Wildman–Crippen MR) is 232 cm³/mol. The Balaban J connectivity index is 2.05. The average molecular weight is 898 g/mol. The molecule has 18 heteroatoms. The lowest BCUT2D eigenvalue weighted by molar-refractivity contribution is -0.436. The molecule has 0 spiro atoms. The quantitative estimate of drug-likeness (QED) is 0.0220. The van der Waals surface area contributed by atoms with E-state index in [1.807, 2.05) is 48.1 Å². The van der Waals surface area contributed by atoms with Gasteiger partial charge in [0, 0.05) is 68.1 Å². The van der Waals surface area contributed by atoms with Crippen LogP contribution in [0.4, 0.5) is 11.4 Å². The van der Waals surface area contributed by atoms with Gasteiger partial charge in [-0.25, -0.2) is 0 Å². The van der Waals surface area contributed by atoms with Crippen LogP contribution in [0.25, 0.3) is 0 Å². The zero-order chi connectivity index (χ0) is 44.6. The molecule has 0 amide bonds. The largest absolute Gasteiger partial charge is 0.481 e. The molecule has 2 aromatic rings. The number of fused-ring (bicyclic) bond motifs is 1. The fourth-order valence-electron chi connectivity index (χ4n) is 7.36. The minimum Gasteiger partial charge on any atom is -0.481 e. The summed E-state index contributed by atoms with van der Waals surface area (Å²) in [6.45, 7) is 5.88. The maximum atomic E-state index is 12.2. The maximum absolute atomic E-state index is 12.2. The van der Waals surface area contributed by atoms with Crippen LogP contribution >= 0.6 is 0 Å². The topological polar surface area (TPSA) is 214 Å². The first-order valence-corrected chi connectivity index (χ1v) is 24.5. The van der Waals surface area contributed by atoms with Gasteiger partial charge in [-0.3, -0.25) is 18.1 Å². The van der Waals surface area contributed by atoms with E-state index < -0.39 is 41.7 Å². The van der Waals surface area contributed by atoms with Crippen LogP contribution in [0, 0.1) is 0 Å². The molecule has 1 heterocycles. The molecule has 2 aromatic carbocycles. The monoisotopic (exact) mass is 897 g/mol. The molecule has 0 fully saturated rings. The highest BCUT2D eigenvalue weighted by Gasteiger charge is 2.43. The number of hydrogen-bond donors (Lipinski definition) is 3. The van der Waals surface area contributed by atoms with Crippen molar-refractivity contribution in [3.8, 4) is 0 Å². The number of unbranched alkanes of at least 4 members (excludes halogenated alkanes) is 2. The van der Waals surface area contributed by atoms with E-state index in [2.05, 4.69) is 34.2 Å². The molecule has 2 atom stereocenters. The van der Waals surface area contributed by atoms with E-state index in [-0.39, 0.29) is 41.6 Å². The summed E-state index contributed by atoms with van der Waals surface area (Å²) in [7, 11) is -8.06. The number of aliphatic carboxylic acids is 1. The van der Waals surface area contributed by atoms with Crippen LogP contribution in [0.5, 0.6) is 0 Å². The molecule has 3 rings (SSSR count). The molecule has 15 nitrogen and oxygen atoms in total. The van der Waals surface area contributed by atoms with Crippen molar-refractivity contribution >= 4 is 53.9 Å². The van der Waals surface area contributed by atoms with E-state index in [0.717, 1.165) is 29.6 Å². The Morgan fingerprint density at radius 2 is 1.58 bits per heavy atom. The Bertz CT molecular complexity index is 2220. The summed E-state index contributed by atoms with van der Waals surface area (Å²) < 4.78 is 108. The Hall–Kier alpha value is -3.75. The average Bonchev–Trinajstić information content (AvgIpc) is 3.40. The number of ether oxygens (including phenoxy) is 2. The molecule has 60 heavy (non-hydrogen) atoms. The zero-order valence-electron chi connectivity index (χ0n) is 35.2. The third kappa shape index (κ3) is 15.6. The number of carbonyl (C=O) groups is 1. The highest BCUT2D eigenvalue weighted by Crippen LogP contribution is 2.51. The summed E-state index contributed by atoms with van der Waals surface area (Å²) in [6, 6.07) is 10.5. The first kappa shape index (κ1) is 50.6. The van der Waals surface area contributed by atoms with Crippen LogP contribution in [-0.4, -0.2) is 115 Å². The summed E-state index contributed by atoms with van der Waals surface area (Å²) in [5, 5.41) is 9.12. The first-order valence-electron chi connectivity index (χ1n) is 19.9. The zero-order valence-corrected chi connectivity index (χ0v) is 37.6. The molecule has 0 saturated heterocycles. The molecule has 1 aliphatic heterocycles. The standard InChI is InChI=1S/C42H60N2O13S3/c1-33(15-13-30-59(50,51)57-5)36-32-35(60(52,53)54)19-21-38(36)43(25-12-8-10-17-41(45)46)24-11-7-6-9-16-40-42(2,23-14-29-58(47,48)49)37-31-34(22-27-55-3)18-20-39(37)44(40)26-28-56-4/h6-7,9,11,16,18-21,24,31-33H,8,10,12-15,17,22-23,25-30H2,1-5H3,(H2-,45,46,47,48,49,52,53,54)/p+1. The van der Waals surface area contributed by atoms with Crippen molar-refractivity contribution in [1.82, 2.24) is 0 Å². The number of carboxylic acid groups (broad SMARTS) is 1. The van der Waals surface area contributed by atoms with Crippen LogP contribution in [0.15, 0.2) is 77.4 Å². The summed E-state index contributed by atoms with van der Waals surface area (Å²) in [6.07, 6.45) is 14.9. The number of carboxylic acids is 1. The van der Waals surface area contributed by atoms with E-state index >= 15 is 0 Å². The van der Waals surface area contributed by atoms with Crippen molar-refractivity contribution in [3.63, 3.8) is 0 Å².